The Morgan fingerprint density at radius 2 is 1.18 bits per heavy atom. The van der Waals surface area contributed by atoms with Gasteiger partial charge in [0.25, 0.3) is 0 Å². The molecule has 1 atom stereocenters. The first-order chi connectivity index (χ1) is 18.6. The molecular formula is C32H33BO5. The fourth-order valence-electron chi connectivity index (χ4n) is 4.36. The third-order valence-corrected chi connectivity index (χ3v) is 6.51. The van der Waals surface area contributed by atoms with Crippen LogP contribution in [0.25, 0.3) is 0 Å². The Balaban J connectivity index is 0.000000181. The first-order valence-corrected chi connectivity index (χ1v) is 13.0. The van der Waals surface area contributed by atoms with Gasteiger partial charge in [0.2, 0.25) is 0 Å². The molecule has 1 fully saturated rings. The number of Topliss-reactive ketones (excluding diaryl/α,β-unsaturated/α-hetero) is 1. The van der Waals surface area contributed by atoms with Crippen LogP contribution in [-0.2, 0) is 18.0 Å². The van der Waals surface area contributed by atoms with Gasteiger partial charge in [0.1, 0.15) is 30.5 Å². The highest BCUT2D eigenvalue weighted by Crippen LogP contribution is 2.31. The SMILES string of the molecule is O=C1CCCC(c2ccc(OCc3ccccc3)cc2)C1.OB(O)c1ccc(OCc2ccccc2)cc1. The van der Waals surface area contributed by atoms with E-state index in [0.717, 1.165) is 30.6 Å². The van der Waals surface area contributed by atoms with Crippen LogP contribution >= 0.6 is 0 Å². The number of rotatable bonds is 8. The van der Waals surface area contributed by atoms with Crippen LogP contribution < -0.4 is 14.9 Å². The van der Waals surface area contributed by atoms with Crippen molar-refractivity contribution in [1.29, 1.82) is 0 Å². The van der Waals surface area contributed by atoms with E-state index in [1.165, 1.54) is 11.1 Å². The Morgan fingerprint density at radius 3 is 1.66 bits per heavy atom. The van der Waals surface area contributed by atoms with E-state index < -0.39 is 7.12 Å². The van der Waals surface area contributed by atoms with Gasteiger partial charge >= 0.3 is 7.12 Å². The topological polar surface area (TPSA) is 76.0 Å². The molecule has 1 saturated carbocycles. The van der Waals surface area contributed by atoms with Crippen molar-refractivity contribution in [3.63, 3.8) is 0 Å². The first kappa shape index (κ1) is 27.2. The maximum Gasteiger partial charge on any atom is 0.488 e. The van der Waals surface area contributed by atoms with Crippen molar-refractivity contribution in [3.8, 4) is 11.5 Å². The van der Waals surface area contributed by atoms with Gasteiger partial charge in [-0.15, -0.1) is 0 Å². The molecule has 1 aliphatic rings. The molecule has 0 amide bonds. The second-order valence-electron chi connectivity index (χ2n) is 9.39. The van der Waals surface area contributed by atoms with Gasteiger partial charge in [0, 0.05) is 12.8 Å². The van der Waals surface area contributed by atoms with Crippen molar-refractivity contribution in [1.82, 2.24) is 0 Å². The molecule has 38 heavy (non-hydrogen) atoms. The van der Waals surface area contributed by atoms with Gasteiger partial charge in [0.15, 0.2) is 0 Å². The highest BCUT2D eigenvalue weighted by atomic mass is 16.5. The van der Waals surface area contributed by atoms with Crippen molar-refractivity contribution in [2.75, 3.05) is 0 Å². The predicted molar refractivity (Wildman–Crippen MR) is 150 cm³/mol. The van der Waals surface area contributed by atoms with E-state index >= 15 is 0 Å². The summed E-state index contributed by atoms with van der Waals surface area (Å²) < 4.78 is 11.4. The summed E-state index contributed by atoms with van der Waals surface area (Å²) in [5.41, 5.74) is 3.98. The lowest BCUT2D eigenvalue weighted by Crippen LogP contribution is -2.29. The number of carbonyl (C=O) groups is 1. The molecule has 0 saturated heterocycles. The fraction of sp³-hybridized carbons (Fsp3) is 0.219. The summed E-state index contributed by atoms with van der Waals surface area (Å²) in [4.78, 5) is 11.5. The largest absolute Gasteiger partial charge is 0.489 e. The molecule has 1 aliphatic carbocycles. The third kappa shape index (κ3) is 8.61. The molecule has 0 spiro atoms. The number of benzene rings is 4. The molecule has 0 aromatic heterocycles. The molecule has 2 N–H and O–H groups in total. The number of carbonyl (C=O) groups excluding carboxylic acids is 1. The van der Waals surface area contributed by atoms with Crippen LogP contribution in [0.15, 0.2) is 109 Å². The summed E-state index contributed by atoms with van der Waals surface area (Å²) in [7, 11) is -1.43. The Hall–Kier alpha value is -3.87. The van der Waals surface area contributed by atoms with E-state index in [2.05, 4.69) is 24.3 Å². The quantitative estimate of drug-likeness (QED) is 0.310. The average molecular weight is 508 g/mol. The monoisotopic (exact) mass is 508 g/mol. The zero-order valence-electron chi connectivity index (χ0n) is 21.4. The third-order valence-electron chi connectivity index (χ3n) is 6.51. The Labute approximate surface area is 224 Å². The van der Waals surface area contributed by atoms with Crippen LogP contribution in [-0.4, -0.2) is 22.9 Å². The van der Waals surface area contributed by atoms with Gasteiger partial charge in [-0.3, -0.25) is 4.79 Å². The van der Waals surface area contributed by atoms with Crippen LogP contribution in [0.4, 0.5) is 0 Å². The first-order valence-electron chi connectivity index (χ1n) is 13.0. The minimum Gasteiger partial charge on any atom is -0.489 e. The second-order valence-corrected chi connectivity index (χ2v) is 9.39. The van der Waals surface area contributed by atoms with E-state index in [1.807, 2.05) is 60.7 Å². The highest BCUT2D eigenvalue weighted by molar-refractivity contribution is 6.58. The number of hydrogen-bond donors (Lipinski definition) is 2. The van der Waals surface area contributed by atoms with Gasteiger partial charge in [-0.2, -0.15) is 0 Å². The van der Waals surface area contributed by atoms with E-state index in [4.69, 9.17) is 19.5 Å². The van der Waals surface area contributed by atoms with Gasteiger partial charge in [-0.05, 0) is 65.2 Å². The van der Waals surface area contributed by atoms with Gasteiger partial charge in [-0.1, -0.05) is 84.9 Å². The summed E-state index contributed by atoms with van der Waals surface area (Å²) in [5, 5.41) is 17.9. The van der Waals surface area contributed by atoms with Crippen LogP contribution in [0, 0.1) is 0 Å². The summed E-state index contributed by atoms with van der Waals surface area (Å²) in [6, 6.07) is 34.9. The number of ketones is 1. The Kier molecular flexibility index (Phi) is 10.1. The lowest BCUT2D eigenvalue weighted by molar-refractivity contribution is -0.120. The number of hydrogen-bond acceptors (Lipinski definition) is 5. The maximum absolute atomic E-state index is 11.5. The standard InChI is InChI=1S/C19H20O2.C13H13BO3/c20-18-8-4-7-17(13-18)16-9-11-19(12-10-16)21-14-15-5-2-1-3-6-15;15-14(16)12-6-8-13(9-7-12)17-10-11-4-2-1-3-5-11/h1-3,5-6,9-12,17H,4,7-8,13-14H2;1-9,15-16H,10H2. The predicted octanol–water partition coefficient (Wildman–Crippen LogP) is 5.44. The van der Waals surface area contributed by atoms with Gasteiger partial charge < -0.3 is 19.5 Å². The molecule has 1 unspecified atom stereocenters. The van der Waals surface area contributed by atoms with E-state index in [9.17, 15) is 4.79 Å². The van der Waals surface area contributed by atoms with Crippen LogP contribution in [0.3, 0.4) is 0 Å². The Bertz CT molecular complexity index is 1240. The fourth-order valence-corrected chi connectivity index (χ4v) is 4.36. The molecule has 0 aliphatic heterocycles. The van der Waals surface area contributed by atoms with E-state index in [1.54, 1.807) is 24.3 Å². The van der Waals surface area contributed by atoms with E-state index in [-0.39, 0.29) is 0 Å². The minimum absolute atomic E-state index is 0.398. The molecule has 0 radical (unpaired) electrons. The molecule has 5 nitrogen and oxygen atoms in total. The van der Waals surface area contributed by atoms with Crippen molar-refractivity contribution in [2.45, 2.75) is 44.8 Å². The smallest absolute Gasteiger partial charge is 0.488 e. The van der Waals surface area contributed by atoms with Crippen molar-refractivity contribution < 1.29 is 24.3 Å². The second kappa shape index (κ2) is 14.2. The zero-order chi connectivity index (χ0) is 26.6. The molecular weight excluding hydrogens is 475 g/mol. The molecule has 0 heterocycles. The summed E-state index contributed by atoms with van der Waals surface area (Å²) in [5.74, 6) is 2.38. The molecule has 194 valence electrons. The normalized spacial score (nSPS) is 14.7. The zero-order valence-corrected chi connectivity index (χ0v) is 21.4. The van der Waals surface area contributed by atoms with E-state index in [0.29, 0.717) is 42.5 Å². The van der Waals surface area contributed by atoms with Crippen LogP contribution in [0.2, 0.25) is 0 Å². The molecule has 4 aromatic carbocycles. The highest BCUT2D eigenvalue weighted by Gasteiger charge is 2.20. The lowest BCUT2D eigenvalue weighted by Gasteiger charge is -2.21. The molecule has 6 heteroatoms. The van der Waals surface area contributed by atoms with Crippen LogP contribution in [0.5, 0.6) is 11.5 Å². The molecule has 5 rings (SSSR count). The minimum atomic E-state index is -1.43. The summed E-state index contributed by atoms with van der Waals surface area (Å²) in [6.07, 6.45) is 3.60. The molecule has 4 aromatic rings. The van der Waals surface area contributed by atoms with Gasteiger partial charge in [-0.25, -0.2) is 0 Å². The van der Waals surface area contributed by atoms with Crippen LogP contribution in [0.1, 0.15) is 48.3 Å². The summed E-state index contributed by atoms with van der Waals surface area (Å²) >= 11 is 0. The Morgan fingerprint density at radius 1 is 0.684 bits per heavy atom. The van der Waals surface area contributed by atoms with Gasteiger partial charge in [0.05, 0.1) is 0 Å². The van der Waals surface area contributed by atoms with Crippen molar-refractivity contribution in [3.05, 3.63) is 126 Å². The van der Waals surface area contributed by atoms with Crippen molar-refractivity contribution in [2.24, 2.45) is 0 Å². The summed E-state index contributed by atoms with van der Waals surface area (Å²) in [6.45, 7) is 1.09. The molecule has 0 bridgehead atoms. The lowest BCUT2D eigenvalue weighted by atomic mass is 9.80. The maximum atomic E-state index is 11.5. The van der Waals surface area contributed by atoms with Crippen molar-refractivity contribution >= 4 is 18.4 Å². The number of ether oxygens (including phenoxy) is 2. The average Bonchev–Trinajstić information content (AvgIpc) is 2.97.